The van der Waals surface area contributed by atoms with Crippen molar-refractivity contribution in [3.8, 4) is 11.4 Å². The van der Waals surface area contributed by atoms with Crippen molar-refractivity contribution in [3.05, 3.63) is 46.2 Å². The molecule has 0 saturated carbocycles. The number of imidazole rings is 1. The Morgan fingerprint density at radius 2 is 2.06 bits per heavy atom. The minimum absolute atomic E-state index is 0.594. The van der Waals surface area contributed by atoms with Gasteiger partial charge in [-0.25, -0.2) is 9.97 Å². The standard InChI is InChI=1S/C13H9BrClN3/c1-18-11-5-3-2-4-10(11)17-13(18)8-6-12(14)16-7-9(8)15/h2-7H,1H3. The summed E-state index contributed by atoms with van der Waals surface area (Å²) < 4.78 is 2.78. The third kappa shape index (κ3) is 1.82. The van der Waals surface area contributed by atoms with E-state index in [1.165, 1.54) is 0 Å². The summed E-state index contributed by atoms with van der Waals surface area (Å²) in [4.78, 5) is 8.71. The summed E-state index contributed by atoms with van der Waals surface area (Å²) in [6.07, 6.45) is 1.63. The summed E-state index contributed by atoms with van der Waals surface area (Å²) >= 11 is 9.55. The number of hydrogen-bond donors (Lipinski definition) is 0. The lowest BCUT2D eigenvalue weighted by Crippen LogP contribution is -1.93. The van der Waals surface area contributed by atoms with Crippen LogP contribution in [-0.2, 0) is 7.05 Å². The first-order valence-electron chi connectivity index (χ1n) is 5.39. The molecule has 5 heteroatoms. The molecule has 1 aromatic carbocycles. The van der Waals surface area contributed by atoms with Gasteiger partial charge in [-0.2, -0.15) is 0 Å². The lowest BCUT2D eigenvalue weighted by Gasteiger charge is -2.04. The molecule has 3 nitrogen and oxygen atoms in total. The first kappa shape index (κ1) is 11.7. The van der Waals surface area contributed by atoms with Crippen LogP contribution in [0, 0.1) is 0 Å². The lowest BCUT2D eigenvalue weighted by atomic mass is 10.2. The number of nitrogens with zero attached hydrogens (tertiary/aromatic N) is 3. The van der Waals surface area contributed by atoms with Crippen LogP contribution in [-0.4, -0.2) is 14.5 Å². The molecule has 0 N–H and O–H groups in total. The summed E-state index contributed by atoms with van der Waals surface area (Å²) in [7, 11) is 1.98. The molecule has 0 unspecified atom stereocenters. The van der Waals surface area contributed by atoms with E-state index in [2.05, 4.69) is 25.9 Å². The molecule has 3 aromatic rings. The molecule has 0 saturated heterocycles. The highest BCUT2D eigenvalue weighted by molar-refractivity contribution is 9.10. The molecule has 18 heavy (non-hydrogen) atoms. The summed E-state index contributed by atoms with van der Waals surface area (Å²) in [5, 5.41) is 0.594. The Bertz CT molecular complexity index is 736. The van der Waals surface area contributed by atoms with Gasteiger partial charge in [-0.15, -0.1) is 0 Å². The van der Waals surface area contributed by atoms with E-state index in [1.54, 1.807) is 6.20 Å². The molecule has 0 atom stereocenters. The average molecular weight is 323 g/mol. The Hall–Kier alpha value is -1.39. The highest BCUT2D eigenvalue weighted by atomic mass is 79.9. The van der Waals surface area contributed by atoms with Crippen LogP contribution >= 0.6 is 27.5 Å². The Balaban J connectivity index is 2.31. The number of benzene rings is 1. The fraction of sp³-hybridized carbons (Fsp3) is 0.0769. The molecule has 0 amide bonds. The zero-order valence-corrected chi connectivity index (χ0v) is 11.9. The molecule has 90 valence electrons. The first-order valence-corrected chi connectivity index (χ1v) is 6.57. The molecule has 2 aromatic heterocycles. The molecule has 2 heterocycles. The van der Waals surface area contributed by atoms with Crippen molar-refractivity contribution >= 4 is 38.6 Å². The largest absolute Gasteiger partial charge is 0.327 e. The molecule has 0 aliphatic carbocycles. The fourth-order valence-corrected chi connectivity index (χ4v) is 2.49. The minimum atomic E-state index is 0.594. The normalized spacial score (nSPS) is 11.1. The van der Waals surface area contributed by atoms with Crippen molar-refractivity contribution in [2.75, 3.05) is 0 Å². The van der Waals surface area contributed by atoms with Crippen molar-refractivity contribution in [1.29, 1.82) is 0 Å². The molecule has 0 radical (unpaired) electrons. The van der Waals surface area contributed by atoms with Crippen molar-refractivity contribution in [2.45, 2.75) is 0 Å². The number of fused-ring (bicyclic) bond motifs is 1. The van der Waals surface area contributed by atoms with Gasteiger partial charge in [0, 0.05) is 18.8 Å². The zero-order chi connectivity index (χ0) is 12.7. The van der Waals surface area contributed by atoms with Crippen LogP contribution < -0.4 is 0 Å². The van der Waals surface area contributed by atoms with Crippen molar-refractivity contribution in [2.24, 2.45) is 7.05 Å². The monoisotopic (exact) mass is 321 g/mol. The van der Waals surface area contributed by atoms with E-state index in [9.17, 15) is 0 Å². The Morgan fingerprint density at radius 3 is 2.83 bits per heavy atom. The van der Waals surface area contributed by atoms with Gasteiger partial charge in [0.25, 0.3) is 0 Å². The third-order valence-corrected chi connectivity index (χ3v) is 3.58. The topological polar surface area (TPSA) is 30.7 Å². The van der Waals surface area contributed by atoms with E-state index in [1.807, 2.05) is 41.9 Å². The highest BCUT2D eigenvalue weighted by Gasteiger charge is 2.13. The zero-order valence-electron chi connectivity index (χ0n) is 9.56. The van der Waals surface area contributed by atoms with E-state index < -0.39 is 0 Å². The van der Waals surface area contributed by atoms with Crippen molar-refractivity contribution in [1.82, 2.24) is 14.5 Å². The van der Waals surface area contributed by atoms with E-state index in [4.69, 9.17) is 11.6 Å². The van der Waals surface area contributed by atoms with E-state index >= 15 is 0 Å². The molecule has 0 aliphatic rings. The minimum Gasteiger partial charge on any atom is -0.327 e. The molecule has 0 fully saturated rings. The number of hydrogen-bond acceptors (Lipinski definition) is 2. The predicted octanol–water partition coefficient (Wildman–Crippen LogP) is 4.05. The molecular weight excluding hydrogens is 314 g/mol. The van der Waals surface area contributed by atoms with Gasteiger partial charge in [0.05, 0.1) is 16.1 Å². The number of aryl methyl sites for hydroxylation is 1. The van der Waals surface area contributed by atoms with E-state index in [0.717, 1.165) is 27.0 Å². The van der Waals surface area contributed by atoms with Crippen LogP contribution in [0.1, 0.15) is 0 Å². The van der Waals surface area contributed by atoms with Crippen LogP contribution in [0.2, 0.25) is 5.02 Å². The summed E-state index contributed by atoms with van der Waals surface area (Å²) in [5.74, 6) is 0.837. The van der Waals surface area contributed by atoms with Gasteiger partial charge in [-0.1, -0.05) is 23.7 Å². The van der Waals surface area contributed by atoms with Gasteiger partial charge in [-0.3, -0.25) is 0 Å². The number of rotatable bonds is 1. The van der Waals surface area contributed by atoms with Crippen molar-refractivity contribution in [3.63, 3.8) is 0 Å². The van der Waals surface area contributed by atoms with E-state index in [-0.39, 0.29) is 0 Å². The Labute approximate surface area is 118 Å². The van der Waals surface area contributed by atoms with Crippen LogP contribution in [0.25, 0.3) is 22.4 Å². The first-order chi connectivity index (χ1) is 8.66. The maximum Gasteiger partial charge on any atom is 0.142 e. The second kappa shape index (κ2) is 4.37. The van der Waals surface area contributed by atoms with Crippen LogP contribution in [0.3, 0.4) is 0 Å². The quantitative estimate of drug-likeness (QED) is 0.633. The Morgan fingerprint density at radius 1 is 1.28 bits per heavy atom. The van der Waals surface area contributed by atoms with Crippen LogP contribution in [0.5, 0.6) is 0 Å². The van der Waals surface area contributed by atoms with Gasteiger partial charge in [0.2, 0.25) is 0 Å². The second-order valence-electron chi connectivity index (χ2n) is 3.97. The summed E-state index contributed by atoms with van der Waals surface area (Å²) in [6.45, 7) is 0. The summed E-state index contributed by atoms with van der Waals surface area (Å²) in [5.41, 5.74) is 2.91. The third-order valence-electron chi connectivity index (χ3n) is 2.85. The van der Waals surface area contributed by atoms with Crippen LogP contribution in [0.4, 0.5) is 0 Å². The molecule has 0 spiro atoms. The SMILES string of the molecule is Cn1c(-c2cc(Br)ncc2Cl)nc2ccccc21. The van der Waals surface area contributed by atoms with Gasteiger partial charge in [0.15, 0.2) is 0 Å². The lowest BCUT2D eigenvalue weighted by molar-refractivity contribution is 0.958. The number of para-hydroxylation sites is 2. The predicted molar refractivity (Wildman–Crippen MR) is 76.7 cm³/mol. The van der Waals surface area contributed by atoms with Gasteiger partial charge < -0.3 is 4.57 Å². The van der Waals surface area contributed by atoms with Gasteiger partial charge >= 0.3 is 0 Å². The number of aromatic nitrogens is 3. The average Bonchev–Trinajstić information content (AvgIpc) is 2.71. The molecule has 0 bridgehead atoms. The van der Waals surface area contributed by atoms with Gasteiger partial charge in [0.1, 0.15) is 10.4 Å². The fourth-order valence-electron chi connectivity index (χ4n) is 1.97. The molecule has 3 rings (SSSR count). The maximum atomic E-state index is 6.19. The second-order valence-corrected chi connectivity index (χ2v) is 5.19. The maximum absolute atomic E-state index is 6.19. The number of pyridine rings is 1. The molecule has 0 aliphatic heterocycles. The number of halogens is 2. The Kier molecular flexibility index (Phi) is 2.84. The molecular formula is C13H9BrClN3. The van der Waals surface area contributed by atoms with Crippen molar-refractivity contribution < 1.29 is 0 Å². The van der Waals surface area contributed by atoms with Gasteiger partial charge in [-0.05, 0) is 34.1 Å². The van der Waals surface area contributed by atoms with E-state index in [0.29, 0.717) is 5.02 Å². The van der Waals surface area contributed by atoms with Crippen LogP contribution in [0.15, 0.2) is 41.1 Å². The smallest absolute Gasteiger partial charge is 0.142 e. The highest BCUT2D eigenvalue weighted by Crippen LogP contribution is 2.30. The summed E-state index contributed by atoms with van der Waals surface area (Å²) in [6, 6.07) is 9.88.